The molecule has 5 heteroatoms. The molecular formula is C20H22ClNO3. The third-order valence-electron chi connectivity index (χ3n) is 5.13. The molecule has 0 saturated heterocycles. The zero-order valence-corrected chi connectivity index (χ0v) is 15.3. The highest BCUT2D eigenvalue weighted by Gasteiger charge is 2.36. The number of fused-ring (bicyclic) bond motifs is 4. The van der Waals surface area contributed by atoms with Gasteiger partial charge in [0, 0.05) is 19.5 Å². The molecular weight excluding hydrogens is 338 g/mol. The Morgan fingerprint density at radius 1 is 1.00 bits per heavy atom. The number of hydrogen-bond acceptors (Lipinski definition) is 4. The SMILES string of the molecule is COc1cc2c(cc1OC)C1C(=O)Cc3ccccc3CN1CC2.Cl. The van der Waals surface area contributed by atoms with Gasteiger partial charge >= 0.3 is 0 Å². The van der Waals surface area contributed by atoms with Gasteiger partial charge in [-0.2, -0.15) is 0 Å². The van der Waals surface area contributed by atoms with E-state index in [1.54, 1.807) is 14.2 Å². The highest BCUT2D eigenvalue weighted by atomic mass is 35.5. The Balaban J connectivity index is 0.00000182. The standard InChI is InChI=1S/C20H21NO3.ClH/c1-23-18-10-14-7-8-21-12-15-6-4-3-5-13(15)9-17(22)20(21)16(14)11-19(18)24-2;/h3-6,10-11,20H,7-9,12H2,1-2H3;1H. The van der Waals surface area contributed by atoms with Gasteiger partial charge in [0.2, 0.25) is 0 Å². The second-order valence-corrected chi connectivity index (χ2v) is 6.44. The molecule has 0 saturated carbocycles. The van der Waals surface area contributed by atoms with E-state index in [9.17, 15) is 4.79 Å². The number of carbonyl (C=O) groups is 1. The molecule has 0 aromatic heterocycles. The predicted octanol–water partition coefficient (Wildman–Crippen LogP) is 3.35. The number of hydrogen-bond donors (Lipinski definition) is 0. The van der Waals surface area contributed by atoms with E-state index in [2.05, 4.69) is 23.1 Å². The summed E-state index contributed by atoms with van der Waals surface area (Å²) < 4.78 is 10.9. The minimum absolute atomic E-state index is 0. The highest BCUT2D eigenvalue weighted by molar-refractivity contribution is 5.89. The summed E-state index contributed by atoms with van der Waals surface area (Å²) in [5.41, 5.74) is 4.67. The van der Waals surface area contributed by atoms with E-state index in [1.807, 2.05) is 18.2 Å². The maximum absolute atomic E-state index is 13.0. The van der Waals surface area contributed by atoms with Crippen LogP contribution in [0.1, 0.15) is 28.3 Å². The Bertz CT molecular complexity index is 806. The van der Waals surface area contributed by atoms with E-state index >= 15 is 0 Å². The molecule has 2 heterocycles. The minimum Gasteiger partial charge on any atom is -0.493 e. The molecule has 2 aliphatic heterocycles. The molecule has 4 nitrogen and oxygen atoms in total. The number of methoxy groups -OCH3 is 2. The molecule has 0 amide bonds. The lowest BCUT2D eigenvalue weighted by atomic mass is 9.89. The number of carbonyl (C=O) groups excluding carboxylic acids is 1. The molecule has 0 spiro atoms. The van der Waals surface area contributed by atoms with Gasteiger partial charge in [-0.25, -0.2) is 0 Å². The van der Waals surface area contributed by atoms with Gasteiger partial charge in [0.05, 0.1) is 20.3 Å². The zero-order valence-electron chi connectivity index (χ0n) is 14.5. The van der Waals surface area contributed by atoms with Crippen molar-refractivity contribution in [3.63, 3.8) is 0 Å². The van der Waals surface area contributed by atoms with E-state index in [0.29, 0.717) is 12.2 Å². The molecule has 0 radical (unpaired) electrons. The van der Waals surface area contributed by atoms with Gasteiger partial charge in [-0.3, -0.25) is 9.69 Å². The normalized spacial score (nSPS) is 19.0. The van der Waals surface area contributed by atoms with E-state index in [4.69, 9.17) is 9.47 Å². The number of benzene rings is 2. The zero-order chi connectivity index (χ0) is 16.7. The van der Waals surface area contributed by atoms with Crippen LogP contribution in [-0.4, -0.2) is 31.4 Å². The monoisotopic (exact) mass is 359 g/mol. The van der Waals surface area contributed by atoms with Crippen molar-refractivity contribution in [1.29, 1.82) is 0 Å². The fourth-order valence-electron chi connectivity index (χ4n) is 3.93. The number of ketones is 1. The number of halogens is 1. The summed E-state index contributed by atoms with van der Waals surface area (Å²) in [6, 6.07) is 12.1. The van der Waals surface area contributed by atoms with Crippen LogP contribution in [0.3, 0.4) is 0 Å². The Morgan fingerprint density at radius 2 is 1.68 bits per heavy atom. The first-order chi connectivity index (χ1) is 11.7. The fraction of sp³-hybridized carbons (Fsp3) is 0.350. The average molecular weight is 360 g/mol. The largest absolute Gasteiger partial charge is 0.493 e. The van der Waals surface area contributed by atoms with Crippen LogP contribution < -0.4 is 9.47 Å². The second-order valence-electron chi connectivity index (χ2n) is 6.44. The number of Topliss-reactive ketones (excluding diaryl/α,β-unsaturated/α-hetero) is 1. The van der Waals surface area contributed by atoms with Crippen molar-refractivity contribution in [1.82, 2.24) is 4.90 Å². The quantitative estimate of drug-likeness (QED) is 0.824. The smallest absolute Gasteiger partial charge is 0.161 e. The third kappa shape index (κ3) is 3.00. The van der Waals surface area contributed by atoms with Crippen molar-refractivity contribution in [3.05, 3.63) is 58.7 Å². The first-order valence-corrected chi connectivity index (χ1v) is 8.29. The summed E-state index contributed by atoms with van der Waals surface area (Å²) in [4.78, 5) is 15.3. The molecule has 2 aromatic rings. The van der Waals surface area contributed by atoms with Crippen LogP contribution >= 0.6 is 12.4 Å². The molecule has 0 fully saturated rings. The first-order valence-electron chi connectivity index (χ1n) is 8.29. The maximum Gasteiger partial charge on any atom is 0.161 e. The molecule has 132 valence electrons. The van der Waals surface area contributed by atoms with Crippen LogP contribution in [0.5, 0.6) is 11.5 Å². The van der Waals surface area contributed by atoms with Gasteiger partial charge in [0.1, 0.15) is 0 Å². The van der Waals surface area contributed by atoms with Crippen molar-refractivity contribution < 1.29 is 14.3 Å². The topological polar surface area (TPSA) is 38.8 Å². The van der Waals surface area contributed by atoms with Gasteiger partial charge < -0.3 is 9.47 Å². The van der Waals surface area contributed by atoms with E-state index in [1.165, 1.54) is 11.1 Å². The molecule has 4 rings (SSSR count). The molecule has 0 aliphatic carbocycles. The number of nitrogens with zero attached hydrogens (tertiary/aromatic N) is 1. The Morgan fingerprint density at radius 3 is 2.40 bits per heavy atom. The molecule has 2 aromatic carbocycles. The predicted molar refractivity (Wildman–Crippen MR) is 98.8 cm³/mol. The van der Waals surface area contributed by atoms with Crippen LogP contribution in [0.2, 0.25) is 0 Å². The van der Waals surface area contributed by atoms with Crippen molar-refractivity contribution in [2.24, 2.45) is 0 Å². The molecule has 1 atom stereocenters. The average Bonchev–Trinajstić information content (AvgIpc) is 2.76. The second kappa shape index (κ2) is 7.06. The van der Waals surface area contributed by atoms with Crippen LogP contribution in [0.15, 0.2) is 36.4 Å². The van der Waals surface area contributed by atoms with Crippen molar-refractivity contribution in [2.45, 2.75) is 25.4 Å². The van der Waals surface area contributed by atoms with E-state index in [0.717, 1.165) is 36.4 Å². The lowest BCUT2D eigenvalue weighted by Gasteiger charge is -2.35. The van der Waals surface area contributed by atoms with Gasteiger partial charge in [0.25, 0.3) is 0 Å². The Kier molecular flexibility index (Phi) is 5.02. The summed E-state index contributed by atoms with van der Waals surface area (Å²) in [5, 5.41) is 0. The van der Waals surface area contributed by atoms with E-state index in [-0.39, 0.29) is 24.2 Å². The summed E-state index contributed by atoms with van der Waals surface area (Å²) >= 11 is 0. The number of ether oxygens (including phenoxy) is 2. The van der Waals surface area contributed by atoms with E-state index < -0.39 is 0 Å². The lowest BCUT2D eigenvalue weighted by Crippen LogP contribution is -2.38. The van der Waals surface area contributed by atoms with Gasteiger partial charge in [0.15, 0.2) is 17.3 Å². The van der Waals surface area contributed by atoms with Crippen LogP contribution in [0.4, 0.5) is 0 Å². The fourth-order valence-corrected chi connectivity index (χ4v) is 3.93. The Hall–Kier alpha value is -2.04. The summed E-state index contributed by atoms with van der Waals surface area (Å²) in [6.07, 6.45) is 1.41. The highest BCUT2D eigenvalue weighted by Crippen LogP contribution is 2.40. The van der Waals surface area contributed by atoms with Crippen LogP contribution in [0, 0.1) is 0 Å². The summed E-state index contributed by atoms with van der Waals surface area (Å²) in [5.74, 6) is 1.68. The molecule has 1 unspecified atom stereocenters. The Labute approximate surface area is 154 Å². The van der Waals surface area contributed by atoms with Gasteiger partial charge in [-0.1, -0.05) is 24.3 Å². The molecule has 0 N–H and O–H groups in total. The summed E-state index contributed by atoms with van der Waals surface area (Å²) in [7, 11) is 3.28. The van der Waals surface area contributed by atoms with Crippen molar-refractivity contribution >= 4 is 18.2 Å². The van der Waals surface area contributed by atoms with Crippen molar-refractivity contribution in [2.75, 3.05) is 20.8 Å². The van der Waals surface area contributed by atoms with Gasteiger partial charge in [-0.05, 0) is 40.8 Å². The molecule has 25 heavy (non-hydrogen) atoms. The maximum atomic E-state index is 13.0. The van der Waals surface area contributed by atoms with Crippen LogP contribution in [0.25, 0.3) is 0 Å². The van der Waals surface area contributed by atoms with Crippen molar-refractivity contribution in [3.8, 4) is 11.5 Å². The number of rotatable bonds is 2. The lowest BCUT2D eigenvalue weighted by molar-refractivity contribution is -0.124. The summed E-state index contributed by atoms with van der Waals surface area (Å²) in [6.45, 7) is 1.70. The first kappa shape index (κ1) is 17.8. The van der Waals surface area contributed by atoms with Crippen LogP contribution in [-0.2, 0) is 24.2 Å². The third-order valence-corrected chi connectivity index (χ3v) is 5.13. The van der Waals surface area contributed by atoms with Gasteiger partial charge in [-0.15, -0.1) is 12.4 Å². The minimum atomic E-state index is -0.194. The molecule has 2 aliphatic rings. The molecule has 0 bridgehead atoms.